The molecule has 1 heterocycles. The molecule has 3 rings (SSSR count). The molecule has 5 nitrogen and oxygen atoms in total. The molecule has 1 aromatic heterocycles. The lowest BCUT2D eigenvalue weighted by Crippen LogP contribution is -2.24. The molecule has 122 valence electrons. The summed E-state index contributed by atoms with van der Waals surface area (Å²) in [5.41, 5.74) is 1.49. The van der Waals surface area contributed by atoms with Crippen LogP contribution in [0.2, 0.25) is 0 Å². The lowest BCUT2D eigenvalue weighted by atomic mass is 10.1. The van der Waals surface area contributed by atoms with Crippen molar-refractivity contribution >= 4 is 39.1 Å². The fourth-order valence-corrected chi connectivity index (χ4v) is 3.09. The van der Waals surface area contributed by atoms with Gasteiger partial charge in [-0.25, -0.2) is 0 Å². The molecule has 2 N–H and O–H groups in total. The number of nitrogens with one attached hydrogen (secondary N) is 2. The quantitative estimate of drug-likeness (QED) is 0.745. The number of carbonyl (C=O) groups is 2. The van der Waals surface area contributed by atoms with E-state index in [1.165, 1.54) is 11.5 Å². The highest BCUT2D eigenvalue weighted by atomic mass is 32.1. The molecule has 0 unspecified atom stereocenters. The van der Waals surface area contributed by atoms with E-state index in [4.69, 9.17) is 0 Å². The summed E-state index contributed by atoms with van der Waals surface area (Å²) in [7, 11) is 0. The van der Waals surface area contributed by atoms with Crippen molar-refractivity contribution in [2.75, 3.05) is 11.9 Å². The van der Waals surface area contributed by atoms with Gasteiger partial charge in [0.2, 0.25) is 0 Å². The van der Waals surface area contributed by atoms with Crippen LogP contribution in [0.1, 0.15) is 34.2 Å². The van der Waals surface area contributed by atoms with E-state index in [1.54, 1.807) is 24.3 Å². The predicted octanol–water partition coefficient (Wildman–Crippen LogP) is 3.69. The van der Waals surface area contributed by atoms with Crippen LogP contribution in [0.15, 0.2) is 48.5 Å². The monoisotopic (exact) mass is 339 g/mol. The van der Waals surface area contributed by atoms with Gasteiger partial charge in [-0.3, -0.25) is 9.59 Å². The van der Waals surface area contributed by atoms with Crippen LogP contribution < -0.4 is 10.6 Å². The van der Waals surface area contributed by atoms with Crippen molar-refractivity contribution < 1.29 is 9.59 Å². The van der Waals surface area contributed by atoms with Gasteiger partial charge in [-0.2, -0.15) is 4.37 Å². The van der Waals surface area contributed by atoms with Crippen LogP contribution in [0.25, 0.3) is 10.1 Å². The zero-order chi connectivity index (χ0) is 16.9. The molecule has 0 atom stereocenters. The van der Waals surface area contributed by atoms with E-state index in [9.17, 15) is 9.59 Å². The number of hydrogen-bond donors (Lipinski definition) is 2. The van der Waals surface area contributed by atoms with Crippen molar-refractivity contribution in [1.29, 1.82) is 0 Å². The Morgan fingerprint density at radius 3 is 2.75 bits per heavy atom. The maximum Gasteiger partial charge on any atom is 0.276 e. The van der Waals surface area contributed by atoms with E-state index >= 15 is 0 Å². The van der Waals surface area contributed by atoms with E-state index in [1.807, 2.05) is 31.2 Å². The number of anilines is 1. The Hall–Kier alpha value is -2.73. The fourth-order valence-electron chi connectivity index (χ4n) is 2.32. The van der Waals surface area contributed by atoms with Crippen molar-refractivity contribution in [3.8, 4) is 0 Å². The van der Waals surface area contributed by atoms with Crippen LogP contribution >= 0.6 is 11.5 Å². The van der Waals surface area contributed by atoms with Crippen LogP contribution in [0.4, 0.5) is 5.69 Å². The first-order valence-electron chi connectivity index (χ1n) is 7.73. The van der Waals surface area contributed by atoms with Crippen molar-refractivity contribution in [1.82, 2.24) is 9.69 Å². The van der Waals surface area contributed by atoms with Crippen LogP contribution in [0.3, 0.4) is 0 Å². The molecule has 3 aromatic rings. The average Bonchev–Trinajstić information content (AvgIpc) is 3.04. The Bertz CT molecular complexity index is 889. The maximum atomic E-state index is 12.5. The van der Waals surface area contributed by atoms with E-state index in [0.29, 0.717) is 23.5 Å². The number of benzene rings is 2. The number of nitrogens with zero attached hydrogens (tertiary/aromatic N) is 1. The second-order valence-electron chi connectivity index (χ2n) is 5.32. The largest absolute Gasteiger partial charge is 0.352 e. The van der Waals surface area contributed by atoms with Crippen LogP contribution in [-0.4, -0.2) is 22.7 Å². The van der Waals surface area contributed by atoms with Crippen molar-refractivity contribution in [3.63, 3.8) is 0 Å². The first kappa shape index (κ1) is 16.1. The molecule has 6 heteroatoms. The number of fused-ring (bicyclic) bond motifs is 1. The van der Waals surface area contributed by atoms with Crippen LogP contribution in [0.5, 0.6) is 0 Å². The Labute approximate surface area is 143 Å². The molecule has 0 radical (unpaired) electrons. The van der Waals surface area contributed by atoms with Gasteiger partial charge in [-0.15, -0.1) is 0 Å². The van der Waals surface area contributed by atoms with Gasteiger partial charge in [-0.1, -0.05) is 31.2 Å². The minimum Gasteiger partial charge on any atom is -0.352 e. The van der Waals surface area contributed by atoms with E-state index < -0.39 is 0 Å². The Kier molecular flexibility index (Phi) is 4.86. The first-order valence-corrected chi connectivity index (χ1v) is 8.50. The highest BCUT2D eigenvalue weighted by Crippen LogP contribution is 2.23. The molecule has 2 aromatic carbocycles. The van der Waals surface area contributed by atoms with Crippen LogP contribution in [0, 0.1) is 0 Å². The highest BCUT2D eigenvalue weighted by Gasteiger charge is 2.15. The molecular formula is C18H17N3O2S. The fraction of sp³-hybridized carbons (Fsp3) is 0.167. The Morgan fingerprint density at radius 1 is 1.08 bits per heavy atom. The molecule has 0 aliphatic rings. The molecule has 0 saturated heterocycles. The van der Waals surface area contributed by atoms with Gasteiger partial charge in [0.25, 0.3) is 11.8 Å². The Balaban J connectivity index is 1.78. The van der Waals surface area contributed by atoms with E-state index in [0.717, 1.165) is 16.5 Å². The molecule has 0 aliphatic heterocycles. The second kappa shape index (κ2) is 7.23. The SMILES string of the molecule is CCCNC(=O)c1cccc(NC(=O)c2nsc3ccccc23)c1. The van der Waals surface area contributed by atoms with E-state index in [-0.39, 0.29) is 11.8 Å². The van der Waals surface area contributed by atoms with Gasteiger partial charge in [0.05, 0.1) is 4.70 Å². The van der Waals surface area contributed by atoms with Gasteiger partial charge >= 0.3 is 0 Å². The minimum atomic E-state index is -0.279. The predicted molar refractivity (Wildman–Crippen MR) is 96.6 cm³/mol. The lowest BCUT2D eigenvalue weighted by molar-refractivity contribution is 0.0952. The van der Waals surface area contributed by atoms with Gasteiger partial charge in [-0.05, 0) is 42.2 Å². The molecule has 0 spiro atoms. The molecule has 0 aliphatic carbocycles. The van der Waals surface area contributed by atoms with Gasteiger partial charge in [0.1, 0.15) is 5.69 Å². The van der Waals surface area contributed by atoms with Crippen molar-refractivity contribution in [2.24, 2.45) is 0 Å². The summed E-state index contributed by atoms with van der Waals surface area (Å²) in [5, 5.41) is 6.46. The lowest BCUT2D eigenvalue weighted by Gasteiger charge is -2.07. The second-order valence-corrected chi connectivity index (χ2v) is 6.12. The summed E-state index contributed by atoms with van der Waals surface area (Å²) in [4.78, 5) is 24.5. The summed E-state index contributed by atoms with van der Waals surface area (Å²) in [6.07, 6.45) is 0.874. The summed E-state index contributed by atoms with van der Waals surface area (Å²) in [6.45, 7) is 2.62. The third-order valence-electron chi connectivity index (χ3n) is 3.51. The number of carbonyl (C=O) groups excluding carboxylic acids is 2. The molecule has 2 amide bonds. The molecule has 0 saturated carbocycles. The molecule has 0 bridgehead atoms. The van der Waals surface area contributed by atoms with Gasteiger partial charge < -0.3 is 10.6 Å². The smallest absolute Gasteiger partial charge is 0.276 e. The molecular weight excluding hydrogens is 322 g/mol. The zero-order valence-electron chi connectivity index (χ0n) is 13.2. The third-order valence-corrected chi connectivity index (χ3v) is 4.34. The minimum absolute atomic E-state index is 0.146. The third kappa shape index (κ3) is 3.44. The number of hydrogen-bond acceptors (Lipinski definition) is 4. The Morgan fingerprint density at radius 2 is 1.92 bits per heavy atom. The number of aromatic nitrogens is 1. The summed E-state index contributed by atoms with van der Waals surface area (Å²) in [6, 6.07) is 14.5. The normalized spacial score (nSPS) is 10.5. The van der Waals surface area contributed by atoms with Gasteiger partial charge in [0.15, 0.2) is 0 Å². The number of rotatable bonds is 5. The molecule has 24 heavy (non-hydrogen) atoms. The summed E-state index contributed by atoms with van der Waals surface area (Å²) in [5.74, 6) is -0.425. The maximum absolute atomic E-state index is 12.5. The van der Waals surface area contributed by atoms with Crippen LogP contribution in [-0.2, 0) is 0 Å². The first-order chi connectivity index (χ1) is 11.7. The summed E-state index contributed by atoms with van der Waals surface area (Å²) < 4.78 is 5.21. The van der Waals surface area contributed by atoms with Crippen molar-refractivity contribution in [3.05, 3.63) is 59.8 Å². The highest BCUT2D eigenvalue weighted by molar-refractivity contribution is 7.13. The van der Waals surface area contributed by atoms with E-state index in [2.05, 4.69) is 15.0 Å². The molecule has 0 fully saturated rings. The summed E-state index contributed by atoms with van der Waals surface area (Å²) >= 11 is 1.30. The topological polar surface area (TPSA) is 71.1 Å². The zero-order valence-corrected chi connectivity index (χ0v) is 14.0. The van der Waals surface area contributed by atoms with Crippen molar-refractivity contribution in [2.45, 2.75) is 13.3 Å². The van der Waals surface area contributed by atoms with Gasteiger partial charge in [0, 0.05) is 23.2 Å². The number of amides is 2. The average molecular weight is 339 g/mol. The standard InChI is InChI=1S/C18H17N3O2S/c1-2-10-19-17(22)12-6-5-7-13(11-12)20-18(23)16-14-8-3-4-9-15(14)24-21-16/h3-9,11H,2,10H2,1H3,(H,19,22)(H,20,23).